The van der Waals surface area contributed by atoms with Gasteiger partial charge in [-0.1, -0.05) is 27.5 Å². The third kappa shape index (κ3) is 4.27. The van der Waals surface area contributed by atoms with Crippen LogP contribution in [-0.2, 0) is 0 Å². The summed E-state index contributed by atoms with van der Waals surface area (Å²) in [5.41, 5.74) is -0.247. The van der Waals surface area contributed by atoms with Crippen LogP contribution in [0.5, 0.6) is 0 Å². The standard InChI is InChI=1S/C11H12BrClN2O3/c12-5-1-2-6-14-11(16)9-7-8(13)3-4-10(9)15(17)18/h3-4,7H,1-2,5-6H2,(H,14,16). The summed E-state index contributed by atoms with van der Waals surface area (Å²) >= 11 is 9.02. The van der Waals surface area contributed by atoms with Crippen LogP contribution >= 0.6 is 27.5 Å². The molecule has 0 aliphatic rings. The van der Waals surface area contributed by atoms with Gasteiger partial charge < -0.3 is 5.32 Å². The van der Waals surface area contributed by atoms with Crippen molar-refractivity contribution in [1.82, 2.24) is 5.32 Å². The lowest BCUT2D eigenvalue weighted by Crippen LogP contribution is -2.25. The van der Waals surface area contributed by atoms with E-state index >= 15 is 0 Å². The van der Waals surface area contributed by atoms with Crippen molar-refractivity contribution >= 4 is 39.1 Å². The van der Waals surface area contributed by atoms with Crippen molar-refractivity contribution in [2.24, 2.45) is 0 Å². The number of carbonyl (C=O) groups is 1. The number of nitrogens with zero attached hydrogens (tertiary/aromatic N) is 1. The van der Waals surface area contributed by atoms with Crippen LogP contribution < -0.4 is 5.32 Å². The highest BCUT2D eigenvalue weighted by atomic mass is 79.9. The Morgan fingerprint density at radius 2 is 2.17 bits per heavy atom. The minimum atomic E-state index is -0.594. The number of unbranched alkanes of at least 4 members (excludes halogenated alkanes) is 1. The maximum Gasteiger partial charge on any atom is 0.282 e. The molecule has 1 amide bonds. The van der Waals surface area contributed by atoms with E-state index in [0.29, 0.717) is 11.6 Å². The normalized spacial score (nSPS) is 10.1. The predicted molar refractivity (Wildman–Crippen MR) is 73.5 cm³/mol. The molecule has 18 heavy (non-hydrogen) atoms. The van der Waals surface area contributed by atoms with Gasteiger partial charge in [-0.2, -0.15) is 0 Å². The fourth-order valence-corrected chi connectivity index (χ4v) is 1.93. The quantitative estimate of drug-likeness (QED) is 0.376. The molecule has 0 unspecified atom stereocenters. The average molecular weight is 336 g/mol. The lowest BCUT2D eigenvalue weighted by Gasteiger charge is -2.05. The molecule has 1 N–H and O–H groups in total. The fourth-order valence-electron chi connectivity index (χ4n) is 1.37. The molecule has 0 saturated carbocycles. The molecule has 0 heterocycles. The van der Waals surface area contributed by atoms with Gasteiger partial charge in [0.15, 0.2) is 0 Å². The summed E-state index contributed by atoms with van der Waals surface area (Å²) in [5.74, 6) is -0.473. The maximum atomic E-state index is 11.8. The number of hydrogen-bond donors (Lipinski definition) is 1. The van der Waals surface area contributed by atoms with Gasteiger partial charge in [0.2, 0.25) is 0 Å². The smallest absolute Gasteiger partial charge is 0.282 e. The molecule has 0 aromatic heterocycles. The largest absolute Gasteiger partial charge is 0.352 e. The highest BCUT2D eigenvalue weighted by molar-refractivity contribution is 9.09. The number of nitro groups is 1. The molecule has 0 bridgehead atoms. The van der Waals surface area contributed by atoms with Crippen molar-refractivity contribution < 1.29 is 9.72 Å². The monoisotopic (exact) mass is 334 g/mol. The van der Waals surface area contributed by atoms with Crippen LogP contribution in [0.4, 0.5) is 5.69 Å². The van der Waals surface area contributed by atoms with Gasteiger partial charge >= 0.3 is 0 Å². The topological polar surface area (TPSA) is 72.2 Å². The Bertz CT molecular complexity index is 454. The summed E-state index contributed by atoms with van der Waals surface area (Å²) in [6, 6.07) is 3.93. The minimum Gasteiger partial charge on any atom is -0.352 e. The lowest BCUT2D eigenvalue weighted by atomic mass is 10.1. The van der Waals surface area contributed by atoms with E-state index in [1.54, 1.807) is 0 Å². The number of benzene rings is 1. The van der Waals surface area contributed by atoms with Crippen LogP contribution in [0, 0.1) is 10.1 Å². The third-order valence-corrected chi connectivity index (χ3v) is 3.04. The summed E-state index contributed by atoms with van der Waals surface area (Å²) in [5, 5.41) is 14.6. The first-order chi connectivity index (χ1) is 8.56. The molecule has 0 aliphatic heterocycles. The van der Waals surface area contributed by atoms with Gasteiger partial charge in [-0.15, -0.1) is 0 Å². The first kappa shape index (κ1) is 14.9. The molecule has 98 valence electrons. The number of rotatable bonds is 6. The Hall–Kier alpha value is -1.14. The lowest BCUT2D eigenvalue weighted by molar-refractivity contribution is -0.385. The van der Waals surface area contributed by atoms with E-state index in [2.05, 4.69) is 21.2 Å². The van der Waals surface area contributed by atoms with Crippen molar-refractivity contribution in [2.75, 3.05) is 11.9 Å². The van der Waals surface area contributed by atoms with Gasteiger partial charge in [0.25, 0.3) is 11.6 Å². The van der Waals surface area contributed by atoms with Gasteiger partial charge in [-0.05, 0) is 25.0 Å². The summed E-state index contributed by atoms with van der Waals surface area (Å²) < 4.78 is 0. The van der Waals surface area contributed by atoms with E-state index < -0.39 is 10.8 Å². The van der Waals surface area contributed by atoms with Gasteiger partial charge in [0.05, 0.1) is 4.92 Å². The number of alkyl halides is 1. The van der Waals surface area contributed by atoms with Crippen LogP contribution in [0.1, 0.15) is 23.2 Å². The van der Waals surface area contributed by atoms with Gasteiger partial charge in [-0.25, -0.2) is 0 Å². The second kappa shape index (κ2) is 7.33. The SMILES string of the molecule is O=C(NCCCCBr)c1cc(Cl)ccc1[N+](=O)[O-]. The predicted octanol–water partition coefficient (Wildman–Crippen LogP) is 3.15. The van der Waals surface area contributed by atoms with Crippen molar-refractivity contribution in [3.05, 3.63) is 38.9 Å². The second-order valence-electron chi connectivity index (χ2n) is 3.57. The molecule has 0 fully saturated rings. The Morgan fingerprint density at radius 3 is 2.78 bits per heavy atom. The third-order valence-electron chi connectivity index (χ3n) is 2.25. The second-order valence-corrected chi connectivity index (χ2v) is 4.80. The Morgan fingerprint density at radius 1 is 1.44 bits per heavy atom. The van der Waals surface area contributed by atoms with Crippen LogP contribution in [0.25, 0.3) is 0 Å². The summed E-state index contributed by atoms with van der Waals surface area (Å²) in [4.78, 5) is 22.0. The molecule has 1 aromatic rings. The van der Waals surface area contributed by atoms with E-state index in [9.17, 15) is 14.9 Å². The number of amides is 1. The minimum absolute atomic E-state index is 0.00802. The summed E-state index contributed by atoms with van der Waals surface area (Å²) in [7, 11) is 0. The van der Waals surface area contributed by atoms with E-state index in [4.69, 9.17) is 11.6 Å². The van der Waals surface area contributed by atoms with Gasteiger partial charge in [-0.3, -0.25) is 14.9 Å². The zero-order valence-electron chi connectivity index (χ0n) is 9.49. The first-order valence-electron chi connectivity index (χ1n) is 5.34. The molecular weight excluding hydrogens is 323 g/mol. The molecule has 1 rings (SSSR count). The number of nitro benzene ring substituents is 1. The Kier molecular flexibility index (Phi) is 6.07. The zero-order valence-corrected chi connectivity index (χ0v) is 11.8. The number of nitrogens with one attached hydrogen (secondary N) is 1. The Balaban J connectivity index is 2.77. The fraction of sp³-hybridized carbons (Fsp3) is 0.364. The summed E-state index contributed by atoms with van der Waals surface area (Å²) in [6.07, 6.45) is 1.74. The van der Waals surface area contributed by atoms with Crippen LogP contribution in [-0.4, -0.2) is 22.7 Å². The molecule has 1 aromatic carbocycles. The first-order valence-corrected chi connectivity index (χ1v) is 6.84. The van der Waals surface area contributed by atoms with Gasteiger partial charge in [0, 0.05) is 23.0 Å². The van der Waals surface area contributed by atoms with E-state index in [-0.39, 0.29) is 11.3 Å². The number of hydrogen-bond acceptors (Lipinski definition) is 3. The van der Waals surface area contributed by atoms with Crippen LogP contribution in [0.15, 0.2) is 18.2 Å². The maximum absolute atomic E-state index is 11.8. The number of carbonyl (C=O) groups excluding carboxylic acids is 1. The average Bonchev–Trinajstić information content (AvgIpc) is 2.34. The molecule has 0 aliphatic carbocycles. The van der Waals surface area contributed by atoms with E-state index in [0.717, 1.165) is 18.2 Å². The van der Waals surface area contributed by atoms with Crippen molar-refractivity contribution in [1.29, 1.82) is 0 Å². The molecule has 0 saturated heterocycles. The molecule has 0 atom stereocenters. The zero-order chi connectivity index (χ0) is 13.5. The molecule has 7 heteroatoms. The number of halogens is 2. The highest BCUT2D eigenvalue weighted by Crippen LogP contribution is 2.22. The molecule has 5 nitrogen and oxygen atoms in total. The van der Waals surface area contributed by atoms with Crippen molar-refractivity contribution in [3.8, 4) is 0 Å². The molecular formula is C11H12BrClN2O3. The van der Waals surface area contributed by atoms with Crippen LogP contribution in [0.3, 0.4) is 0 Å². The molecule has 0 spiro atoms. The summed E-state index contributed by atoms with van der Waals surface area (Å²) in [6.45, 7) is 0.480. The van der Waals surface area contributed by atoms with Gasteiger partial charge in [0.1, 0.15) is 5.56 Å². The Labute approximate surface area is 118 Å². The van der Waals surface area contributed by atoms with E-state index in [1.165, 1.54) is 18.2 Å². The highest BCUT2D eigenvalue weighted by Gasteiger charge is 2.19. The molecule has 0 radical (unpaired) electrons. The van der Waals surface area contributed by atoms with E-state index in [1.807, 2.05) is 0 Å². The van der Waals surface area contributed by atoms with Crippen LogP contribution in [0.2, 0.25) is 5.02 Å². The van der Waals surface area contributed by atoms with Crippen molar-refractivity contribution in [2.45, 2.75) is 12.8 Å². The van der Waals surface area contributed by atoms with Crippen molar-refractivity contribution in [3.63, 3.8) is 0 Å².